The molecule has 0 rings (SSSR count). The summed E-state index contributed by atoms with van der Waals surface area (Å²) in [6.45, 7) is 4.21. The number of ether oxygens (including phenoxy) is 2. The number of carbonyl (C=O) groups is 2. The van der Waals surface area contributed by atoms with Crippen molar-refractivity contribution in [3.8, 4) is 0 Å². The van der Waals surface area contributed by atoms with Crippen LogP contribution in [0.2, 0.25) is 0 Å². The summed E-state index contributed by atoms with van der Waals surface area (Å²) in [7, 11) is 0. The molecular formula is C64H126O5. The molecule has 0 aromatic rings. The molecule has 5 nitrogen and oxygen atoms in total. The van der Waals surface area contributed by atoms with Gasteiger partial charge in [0.1, 0.15) is 6.61 Å². The minimum atomic E-state index is -0.764. The third-order valence-corrected chi connectivity index (χ3v) is 15.2. The van der Waals surface area contributed by atoms with Crippen LogP contribution in [0, 0.1) is 0 Å². The van der Waals surface area contributed by atoms with Crippen LogP contribution >= 0.6 is 0 Å². The first-order valence-electron chi connectivity index (χ1n) is 32.1. The van der Waals surface area contributed by atoms with Gasteiger partial charge in [-0.05, 0) is 12.8 Å². The Labute approximate surface area is 433 Å². The quantitative estimate of drug-likeness (QED) is 0.0486. The molecule has 0 aliphatic carbocycles. The fourth-order valence-electron chi connectivity index (χ4n) is 10.3. The number of rotatable bonds is 61. The van der Waals surface area contributed by atoms with Crippen molar-refractivity contribution in [3.63, 3.8) is 0 Å². The van der Waals surface area contributed by atoms with Crippen LogP contribution in [-0.2, 0) is 19.1 Å². The molecule has 1 unspecified atom stereocenters. The van der Waals surface area contributed by atoms with Crippen molar-refractivity contribution >= 4 is 11.9 Å². The van der Waals surface area contributed by atoms with E-state index in [2.05, 4.69) is 13.8 Å². The molecule has 0 aromatic carbocycles. The summed E-state index contributed by atoms with van der Waals surface area (Å²) in [6.07, 6.45) is 75.6. The molecule has 69 heavy (non-hydrogen) atoms. The molecule has 0 radical (unpaired) electrons. The molecule has 1 N–H and O–H groups in total. The lowest BCUT2D eigenvalue weighted by molar-refractivity contribution is -0.161. The zero-order valence-corrected chi connectivity index (χ0v) is 47.4. The van der Waals surface area contributed by atoms with Crippen LogP contribution in [0.15, 0.2) is 0 Å². The summed E-state index contributed by atoms with van der Waals surface area (Å²) in [5.41, 5.74) is 0. The zero-order chi connectivity index (χ0) is 49.9. The van der Waals surface area contributed by atoms with Gasteiger partial charge in [-0.25, -0.2) is 0 Å². The molecule has 0 bridgehead atoms. The van der Waals surface area contributed by atoms with Gasteiger partial charge in [-0.15, -0.1) is 0 Å². The van der Waals surface area contributed by atoms with Crippen LogP contribution in [0.4, 0.5) is 0 Å². The Balaban J connectivity index is 3.33. The Hall–Kier alpha value is -1.10. The van der Waals surface area contributed by atoms with Gasteiger partial charge in [-0.2, -0.15) is 0 Å². The Bertz CT molecular complexity index is 968. The molecule has 0 aliphatic heterocycles. The highest BCUT2D eigenvalue weighted by Crippen LogP contribution is 2.19. The third-order valence-electron chi connectivity index (χ3n) is 15.2. The number of unbranched alkanes of at least 4 members (excludes halogenated alkanes) is 53. The molecule has 0 heterocycles. The lowest BCUT2D eigenvalue weighted by Gasteiger charge is -2.15. The molecule has 0 fully saturated rings. The summed E-state index contributed by atoms with van der Waals surface area (Å²) in [5.74, 6) is -0.563. The van der Waals surface area contributed by atoms with Crippen molar-refractivity contribution in [2.45, 2.75) is 386 Å². The van der Waals surface area contributed by atoms with Crippen molar-refractivity contribution in [1.82, 2.24) is 0 Å². The van der Waals surface area contributed by atoms with Gasteiger partial charge in [0.15, 0.2) is 6.10 Å². The Morgan fingerprint density at radius 1 is 0.275 bits per heavy atom. The molecule has 0 amide bonds. The van der Waals surface area contributed by atoms with E-state index in [0.29, 0.717) is 12.8 Å². The van der Waals surface area contributed by atoms with Crippen LogP contribution in [0.25, 0.3) is 0 Å². The second kappa shape index (κ2) is 61.2. The number of aliphatic hydroxyl groups is 1. The first kappa shape index (κ1) is 67.9. The highest BCUT2D eigenvalue weighted by atomic mass is 16.6. The monoisotopic (exact) mass is 975 g/mol. The molecule has 0 saturated heterocycles. The maximum atomic E-state index is 12.3. The van der Waals surface area contributed by atoms with E-state index in [9.17, 15) is 14.7 Å². The van der Waals surface area contributed by atoms with E-state index in [0.717, 1.165) is 32.1 Å². The first-order chi connectivity index (χ1) is 34.1. The Kier molecular flexibility index (Phi) is 60.2. The maximum Gasteiger partial charge on any atom is 0.306 e. The molecular weight excluding hydrogens is 849 g/mol. The Morgan fingerprint density at radius 2 is 0.449 bits per heavy atom. The van der Waals surface area contributed by atoms with Crippen molar-refractivity contribution in [2.24, 2.45) is 0 Å². The van der Waals surface area contributed by atoms with Crippen LogP contribution < -0.4 is 0 Å². The number of esters is 2. The molecule has 0 spiro atoms. The van der Waals surface area contributed by atoms with Crippen LogP contribution in [0.5, 0.6) is 0 Å². The van der Waals surface area contributed by atoms with Crippen LogP contribution in [0.1, 0.15) is 380 Å². The zero-order valence-electron chi connectivity index (χ0n) is 47.4. The minimum Gasteiger partial charge on any atom is -0.462 e. The highest BCUT2D eigenvalue weighted by Gasteiger charge is 2.16. The standard InChI is InChI=1S/C64H126O5/c1-3-5-7-9-11-13-15-17-19-21-22-23-24-25-26-27-28-29-30-31-32-33-34-35-36-37-38-39-40-41-43-45-47-49-51-53-55-57-59-64(67)69-62(60-65)61-68-63(66)58-56-54-52-50-48-46-44-42-20-18-16-14-12-10-8-6-4-2/h62,65H,3-61H2,1-2H3. The summed E-state index contributed by atoms with van der Waals surface area (Å²) < 4.78 is 10.7. The fourth-order valence-corrected chi connectivity index (χ4v) is 10.3. The largest absolute Gasteiger partial charge is 0.462 e. The molecule has 5 heteroatoms. The average Bonchev–Trinajstić information content (AvgIpc) is 3.35. The topological polar surface area (TPSA) is 72.8 Å². The van der Waals surface area contributed by atoms with E-state index in [1.165, 1.54) is 321 Å². The summed E-state index contributed by atoms with van der Waals surface area (Å²) >= 11 is 0. The predicted octanol–water partition coefficient (Wildman–Crippen LogP) is 21.7. The molecule has 0 saturated carbocycles. The second-order valence-electron chi connectivity index (χ2n) is 22.2. The highest BCUT2D eigenvalue weighted by molar-refractivity contribution is 5.70. The molecule has 1 atom stereocenters. The molecule has 0 aliphatic rings. The van der Waals surface area contributed by atoms with E-state index in [4.69, 9.17) is 9.47 Å². The lowest BCUT2D eigenvalue weighted by atomic mass is 10.0. The first-order valence-corrected chi connectivity index (χ1v) is 32.1. The lowest BCUT2D eigenvalue weighted by Crippen LogP contribution is -2.28. The van der Waals surface area contributed by atoms with Gasteiger partial charge in [0.05, 0.1) is 6.61 Å². The van der Waals surface area contributed by atoms with E-state index in [1.807, 2.05) is 0 Å². The summed E-state index contributed by atoms with van der Waals surface area (Å²) in [5, 5.41) is 9.66. The van der Waals surface area contributed by atoms with E-state index in [1.54, 1.807) is 0 Å². The number of carbonyl (C=O) groups excluding carboxylic acids is 2. The normalized spacial score (nSPS) is 12.0. The third kappa shape index (κ3) is 59.4. The number of hydrogen-bond acceptors (Lipinski definition) is 5. The second-order valence-corrected chi connectivity index (χ2v) is 22.2. The van der Waals surface area contributed by atoms with E-state index < -0.39 is 6.10 Å². The molecule has 0 aromatic heterocycles. The van der Waals surface area contributed by atoms with Crippen molar-refractivity contribution in [2.75, 3.05) is 13.2 Å². The van der Waals surface area contributed by atoms with Crippen LogP contribution in [0.3, 0.4) is 0 Å². The minimum absolute atomic E-state index is 0.0558. The van der Waals surface area contributed by atoms with Gasteiger partial charge in [0.2, 0.25) is 0 Å². The van der Waals surface area contributed by atoms with E-state index >= 15 is 0 Å². The molecule has 412 valence electrons. The van der Waals surface area contributed by atoms with Crippen LogP contribution in [-0.4, -0.2) is 36.4 Å². The van der Waals surface area contributed by atoms with Gasteiger partial charge in [0.25, 0.3) is 0 Å². The van der Waals surface area contributed by atoms with Gasteiger partial charge in [0, 0.05) is 12.8 Å². The SMILES string of the molecule is CCCCCCCCCCCCCCCCCCCCCCCCCCCCCCCCCCCCCCCCC(=O)OC(CO)COC(=O)CCCCCCCCCCCCCCCCCCC. The van der Waals surface area contributed by atoms with Gasteiger partial charge < -0.3 is 14.6 Å². The van der Waals surface area contributed by atoms with Gasteiger partial charge >= 0.3 is 11.9 Å². The van der Waals surface area contributed by atoms with Crippen molar-refractivity contribution < 1.29 is 24.2 Å². The maximum absolute atomic E-state index is 12.3. The summed E-state index contributed by atoms with van der Waals surface area (Å²) in [6, 6.07) is 0. The van der Waals surface area contributed by atoms with Gasteiger partial charge in [-0.1, -0.05) is 354 Å². The average molecular weight is 976 g/mol. The van der Waals surface area contributed by atoms with E-state index in [-0.39, 0.29) is 25.2 Å². The smallest absolute Gasteiger partial charge is 0.306 e. The Morgan fingerprint density at radius 3 is 0.638 bits per heavy atom. The number of aliphatic hydroxyl groups excluding tert-OH is 1. The predicted molar refractivity (Wildman–Crippen MR) is 302 cm³/mol. The van der Waals surface area contributed by atoms with Crippen molar-refractivity contribution in [1.29, 1.82) is 0 Å². The van der Waals surface area contributed by atoms with Crippen molar-refractivity contribution in [3.05, 3.63) is 0 Å². The number of hydrogen-bond donors (Lipinski definition) is 1. The summed E-state index contributed by atoms with van der Waals surface area (Å²) in [4.78, 5) is 24.5. The van der Waals surface area contributed by atoms with Gasteiger partial charge in [-0.3, -0.25) is 9.59 Å². The fraction of sp³-hybridized carbons (Fsp3) is 0.969.